The number of para-hydroxylation sites is 4. The summed E-state index contributed by atoms with van der Waals surface area (Å²) < 4.78 is 24.9. The molecule has 0 N–H and O–H groups in total. The molecule has 0 aliphatic heterocycles. The first-order chi connectivity index (χ1) is 60.5. The number of hydrogen-bond donors (Lipinski definition) is 0. The third kappa shape index (κ3) is 10.5. The van der Waals surface area contributed by atoms with Crippen LogP contribution in [-0.2, 0) is 21.7 Å². The van der Waals surface area contributed by atoms with Crippen LogP contribution in [0.2, 0.25) is 0 Å². The van der Waals surface area contributed by atoms with Gasteiger partial charge in [0.1, 0.15) is 44.7 Å². The third-order valence-electron chi connectivity index (χ3n) is 28.4. The van der Waals surface area contributed by atoms with Gasteiger partial charge in [0.05, 0.1) is 0 Å². The molecular formula is C120H84O4. The molecule has 0 fully saturated rings. The molecule has 588 valence electrons. The zero-order valence-corrected chi connectivity index (χ0v) is 70.3. The van der Waals surface area contributed by atoms with Gasteiger partial charge >= 0.3 is 0 Å². The minimum absolute atomic E-state index is 0.259. The monoisotopic (exact) mass is 1590 g/mol. The average Bonchev–Trinajstić information content (AvgIpc) is 1.51. The maximum absolute atomic E-state index is 6.24. The molecule has 22 aromatic rings. The first-order valence-electron chi connectivity index (χ1n) is 43.5. The summed E-state index contributed by atoms with van der Waals surface area (Å²) in [5.41, 5.74) is 47.8. The van der Waals surface area contributed by atoms with Crippen LogP contribution >= 0.6 is 0 Å². The Labute approximate surface area is 719 Å². The Kier molecular flexibility index (Phi) is 15.3. The van der Waals surface area contributed by atoms with Crippen LogP contribution in [0.4, 0.5) is 0 Å². The molecule has 26 rings (SSSR count). The van der Waals surface area contributed by atoms with Crippen LogP contribution in [-0.4, -0.2) is 0 Å². The molecule has 4 aliphatic carbocycles. The fraction of sp³-hybridized carbons (Fsp3) is 0.100. The van der Waals surface area contributed by atoms with Crippen LogP contribution in [0.15, 0.2) is 382 Å². The largest absolute Gasteiger partial charge is 0.456 e. The normalized spacial score (nSPS) is 14.4. The zero-order valence-electron chi connectivity index (χ0n) is 70.3. The smallest absolute Gasteiger partial charge is 0.135 e. The Hall–Kier alpha value is -14.8. The molecule has 4 aliphatic rings. The van der Waals surface area contributed by atoms with Crippen LogP contribution in [0, 0.1) is 0 Å². The summed E-state index contributed by atoms with van der Waals surface area (Å²) in [6.45, 7) is 19.6. The molecule has 0 bridgehead atoms. The lowest BCUT2D eigenvalue weighted by Crippen LogP contribution is -2.20. The van der Waals surface area contributed by atoms with Crippen LogP contribution in [0.5, 0.6) is 0 Å². The van der Waals surface area contributed by atoms with E-state index >= 15 is 0 Å². The highest BCUT2D eigenvalue weighted by molar-refractivity contribution is 6.13. The second kappa shape index (κ2) is 26.3. The fourth-order valence-electron chi connectivity index (χ4n) is 22.5. The predicted molar refractivity (Wildman–Crippen MR) is 516 cm³/mol. The minimum Gasteiger partial charge on any atom is -0.456 e. The lowest BCUT2D eigenvalue weighted by atomic mass is 9.71. The number of furan rings is 4. The highest BCUT2D eigenvalue weighted by Gasteiger charge is 2.50. The molecule has 0 atom stereocenters. The molecule has 4 heteroatoms. The molecule has 0 radical (unpaired) electrons. The minimum atomic E-state index is -0.310. The number of fused-ring (bicyclic) bond motifs is 26. The maximum atomic E-state index is 6.24. The summed E-state index contributed by atoms with van der Waals surface area (Å²) in [5.74, 6) is 0. The quantitative estimate of drug-likeness (QED) is 0.152. The number of benzene rings is 18. The van der Waals surface area contributed by atoms with E-state index in [2.05, 4.69) is 395 Å². The van der Waals surface area contributed by atoms with Gasteiger partial charge in [-0.2, -0.15) is 0 Å². The lowest BCUT2D eigenvalue weighted by Gasteiger charge is -2.31. The van der Waals surface area contributed by atoms with Crippen molar-refractivity contribution >= 4 is 87.8 Å². The van der Waals surface area contributed by atoms with Crippen molar-refractivity contribution in [1.82, 2.24) is 0 Å². The first-order valence-corrected chi connectivity index (χ1v) is 43.5. The summed E-state index contributed by atoms with van der Waals surface area (Å²) in [5, 5.41) is 9.19. The Morgan fingerprint density at radius 2 is 0.411 bits per heavy atom. The average molecular weight is 1590 g/mol. The topological polar surface area (TPSA) is 52.6 Å². The van der Waals surface area contributed by atoms with Gasteiger partial charge < -0.3 is 17.7 Å². The van der Waals surface area contributed by atoms with Gasteiger partial charge in [0.2, 0.25) is 0 Å². The third-order valence-corrected chi connectivity index (χ3v) is 28.4. The molecule has 4 nitrogen and oxygen atoms in total. The predicted octanol–water partition coefficient (Wildman–Crippen LogP) is 33.5. The Morgan fingerprint density at radius 3 is 0.815 bits per heavy atom. The molecule has 0 spiro atoms. The van der Waals surface area contributed by atoms with Crippen LogP contribution in [0.25, 0.3) is 221 Å². The summed E-state index contributed by atoms with van der Waals surface area (Å²) in [6.07, 6.45) is 0. The van der Waals surface area contributed by atoms with Gasteiger partial charge in [0.25, 0.3) is 0 Å². The van der Waals surface area contributed by atoms with Crippen molar-refractivity contribution in [2.24, 2.45) is 0 Å². The van der Waals surface area contributed by atoms with Crippen LogP contribution in [0.3, 0.4) is 0 Å². The van der Waals surface area contributed by atoms with Gasteiger partial charge in [-0.3, -0.25) is 0 Å². The Bertz CT molecular complexity index is 8330. The van der Waals surface area contributed by atoms with Crippen molar-refractivity contribution in [2.75, 3.05) is 0 Å². The molecule has 4 aromatic heterocycles. The lowest BCUT2D eigenvalue weighted by molar-refractivity contribution is 0.648. The van der Waals surface area contributed by atoms with Gasteiger partial charge in [-0.05, 0) is 287 Å². The number of hydrogen-bond acceptors (Lipinski definition) is 4. The maximum Gasteiger partial charge on any atom is 0.135 e. The van der Waals surface area contributed by atoms with Gasteiger partial charge in [0, 0.05) is 64.7 Å². The van der Waals surface area contributed by atoms with Crippen molar-refractivity contribution in [1.29, 1.82) is 0 Å². The molecule has 124 heavy (non-hydrogen) atoms. The van der Waals surface area contributed by atoms with Gasteiger partial charge in [0.15, 0.2) is 0 Å². The fourth-order valence-corrected chi connectivity index (χ4v) is 22.5. The second-order valence-electron chi connectivity index (χ2n) is 36.8. The molecule has 0 unspecified atom stereocenters. The van der Waals surface area contributed by atoms with E-state index in [0.29, 0.717) is 0 Å². The van der Waals surface area contributed by atoms with Crippen molar-refractivity contribution < 1.29 is 17.7 Å². The van der Waals surface area contributed by atoms with E-state index in [9.17, 15) is 0 Å². The van der Waals surface area contributed by atoms with Crippen molar-refractivity contribution in [3.63, 3.8) is 0 Å². The summed E-state index contributed by atoms with van der Waals surface area (Å²) in [4.78, 5) is 0. The summed E-state index contributed by atoms with van der Waals surface area (Å²) >= 11 is 0. The zero-order chi connectivity index (χ0) is 83.0. The van der Waals surface area contributed by atoms with E-state index in [-0.39, 0.29) is 21.7 Å². The van der Waals surface area contributed by atoms with Crippen molar-refractivity contribution in [3.05, 3.63) is 408 Å². The molecule has 0 saturated carbocycles. The van der Waals surface area contributed by atoms with E-state index in [0.717, 1.165) is 87.8 Å². The molecule has 4 heterocycles. The summed E-state index contributed by atoms with van der Waals surface area (Å²) in [7, 11) is 0. The Morgan fingerprint density at radius 1 is 0.145 bits per heavy atom. The van der Waals surface area contributed by atoms with E-state index in [1.807, 2.05) is 24.3 Å². The van der Waals surface area contributed by atoms with E-state index < -0.39 is 0 Å². The Balaban J connectivity index is 0.000000136. The van der Waals surface area contributed by atoms with E-state index in [1.165, 1.54) is 178 Å². The standard InChI is InChI=1S/2C60H42O2/c1-59(2)48-34-40(38-26-30-52-46(32-38)42-20-12-14-22-50(42)62-52)24-28-44(48)56-57(59)54(36-17-9-6-10-18-36)53(35-15-7-5-8-16-35)55-43-27-23-39(33-47(43)60(3,4)58(55)56)37-25-29-51-45(31-37)41-19-11-13-21-49(41)61-51;1-59(2)50-32-39(37-23-27-54-47(30-37)43-17-8-10-19-52(43)61-54)21-25-42(50)49-34-46(41-16-12-15-36(29-41)35-13-6-5-7-14-35)57-56(58(49)59)45-26-22-40(33-51(45)60(57,3)4)38-24-28-55-48(31-38)44-18-9-11-20-53(44)62-55/h2*5-34H,1-4H3. The van der Waals surface area contributed by atoms with Gasteiger partial charge in [-0.25, -0.2) is 0 Å². The van der Waals surface area contributed by atoms with Gasteiger partial charge in [-0.1, -0.05) is 310 Å². The first kappa shape index (κ1) is 72.0. The highest BCUT2D eigenvalue weighted by atomic mass is 16.3. The van der Waals surface area contributed by atoms with Crippen molar-refractivity contribution in [3.8, 4) is 134 Å². The van der Waals surface area contributed by atoms with Crippen LogP contribution < -0.4 is 0 Å². The molecule has 0 amide bonds. The number of rotatable bonds is 8. The van der Waals surface area contributed by atoms with E-state index in [4.69, 9.17) is 17.7 Å². The molecule has 18 aromatic carbocycles. The highest BCUT2D eigenvalue weighted by Crippen LogP contribution is 2.67. The molecule has 0 saturated heterocycles. The van der Waals surface area contributed by atoms with E-state index in [1.54, 1.807) is 0 Å². The van der Waals surface area contributed by atoms with Crippen molar-refractivity contribution in [2.45, 2.75) is 77.0 Å². The SMILES string of the molecule is CC1(C)c2cc(-c3ccc4oc5ccccc5c4c3)ccc2-c2c1c(-c1cccc(-c3ccccc3)c1)cc1c2C(C)(C)c2cc(-c3ccc4oc5ccccc5c4c3)ccc2-1.CC1(C)c2cc(-c3ccc4oc5ccccc5c4c3)ccc2-c2c1c(-c1ccccc1)c(-c1ccccc1)c1c2C(C)(C)c2cc(-c3ccc4oc5ccccc5c4c3)ccc2-1. The van der Waals surface area contributed by atoms with Crippen LogP contribution in [0.1, 0.15) is 99.9 Å². The molecular weight excluding hydrogens is 1510 g/mol. The summed E-state index contributed by atoms with van der Waals surface area (Å²) in [6, 6.07) is 134. The second-order valence-corrected chi connectivity index (χ2v) is 36.8. The van der Waals surface area contributed by atoms with Gasteiger partial charge in [-0.15, -0.1) is 0 Å².